The van der Waals surface area contributed by atoms with E-state index in [0.29, 0.717) is 0 Å². The van der Waals surface area contributed by atoms with Crippen LogP contribution in [0, 0.1) is 0 Å². The third kappa shape index (κ3) is 3.60. The Morgan fingerprint density at radius 3 is 1.88 bits per heavy atom. The molecule has 2 N–H and O–H groups in total. The molecular formula is C14H14BrNS. The SMILES string of the molecule is C[C@H](N)c1ccc(Sc2ccc(Br)cc2)cc1. The smallest absolute Gasteiger partial charge is 0.0266 e. The monoisotopic (exact) mass is 307 g/mol. The molecule has 0 unspecified atom stereocenters. The van der Waals surface area contributed by atoms with Gasteiger partial charge in [-0.25, -0.2) is 0 Å². The van der Waals surface area contributed by atoms with Gasteiger partial charge in [-0.2, -0.15) is 0 Å². The summed E-state index contributed by atoms with van der Waals surface area (Å²) < 4.78 is 1.11. The Bertz CT molecular complexity index is 477. The van der Waals surface area contributed by atoms with E-state index < -0.39 is 0 Å². The average molecular weight is 308 g/mol. The molecule has 0 aliphatic heterocycles. The van der Waals surface area contributed by atoms with E-state index in [1.807, 2.05) is 6.92 Å². The molecule has 0 spiro atoms. The van der Waals surface area contributed by atoms with Crippen LogP contribution in [0.15, 0.2) is 62.8 Å². The van der Waals surface area contributed by atoms with Crippen LogP contribution in [0.2, 0.25) is 0 Å². The van der Waals surface area contributed by atoms with Gasteiger partial charge in [-0.3, -0.25) is 0 Å². The maximum Gasteiger partial charge on any atom is 0.0266 e. The van der Waals surface area contributed by atoms with Gasteiger partial charge in [0.15, 0.2) is 0 Å². The highest BCUT2D eigenvalue weighted by Crippen LogP contribution is 2.29. The number of rotatable bonds is 3. The highest BCUT2D eigenvalue weighted by molar-refractivity contribution is 9.10. The van der Waals surface area contributed by atoms with Gasteiger partial charge in [0.2, 0.25) is 0 Å². The highest BCUT2D eigenvalue weighted by atomic mass is 79.9. The lowest BCUT2D eigenvalue weighted by molar-refractivity contribution is 0.817. The second-order valence-corrected chi connectivity index (χ2v) is 5.98. The quantitative estimate of drug-likeness (QED) is 0.895. The Balaban J connectivity index is 2.11. The Labute approximate surface area is 115 Å². The molecule has 1 atom stereocenters. The number of hydrogen-bond acceptors (Lipinski definition) is 2. The highest BCUT2D eigenvalue weighted by Gasteiger charge is 2.00. The molecule has 0 bridgehead atoms. The largest absolute Gasteiger partial charge is 0.324 e. The van der Waals surface area contributed by atoms with Gasteiger partial charge in [0.05, 0.1) is 0 Å². The van der Waals surface area contributed by atoms with Crippen molar-refractivity contribution in [2.45, 2.75) is 22.8 Å². The van der Waals surface area contributed by atoms with Gasteiger partial charge in [-0.05, 0) is 48.9 Å². The van der Waals surface area contributed by atoms with E-state index in [4.69, 9.17) is 5.73 Å². The normalized spacial score (nSPS) is 12.4. The summed E-state index contributed by atoms with van der Waals surface area (Å²) in [6.45, 7) is 2.00. The van der Waals surface area contributed by atoms with E-state index in [1.165, 1.54) is 15.4 Å². The Morgan fingerprint density at radius 2 is 1.41 bits per heavy atom. The molecule has 2 rings (SSSR count). The number of halogens is 1. The molecule has 0 fully saturated rings. The molecule has 0 radical (unpaired) electrons. The van der Waals surface area contributed by atoms with E-state index in [-0.39, 0.29) is 6.04 Å². The third-order valence-corrected chi connectivity index (χ3v) is 4.00. The zero-order chi connectivity index (χ0) is 12.3. The van der Waals surface area contributed by atoms with E-state index in [1.54, 1.807) is 11.8 Å². The molecule has 0 heterocycles. The average Bonchev–Trinajstić information content (AvgIpc) is 2.33. The van der Waals surface area contributed by atoms with Crippen molar-refractivity contribution in [1.82, 2.24) is 0 Å². The molecule has 88 valence electrons. The van der Waals surface area contributed by atoms with Gasteiger partial charge >= 0.3 is 0 Å². The van der Waals surface area contributed by atoms with E-state index >= 15 is 0 Å². The fraction of sp³-hybridized carbons (Fsp3) is 0.143. The maximum absolute atomic E-state index is 5.82. The topological polar surface area (TPSA) is 26.0 Å². The first-order valence-electron chi connectivity index (χ1n) is 5.44. The summed E-state index contributed by atoms with van der Waals surface area (Å²) in [4.78, 5) is 2.47. The zero-order valence-electron chi connectivity index (χ0n) is 9.56. The van der Waals surface area contributed by atoms with Gasteiger partial charge in [0.25, 0.3) is 0 Å². The van der Waals surface area contributed by atoms with Crippen molar-refractivity contribution in [3.8, 4) is 0 Å². The van der Waals surface area contributed by atoms with Crippen molar-refractivity contribution in [2.24, 2.45) is 5.73 Å². The molecule has 2 aromatic carbocycles. The van der Waals surface area contributed by atoms with Crippen LogP contribution < -0.4 is 5.73 Å². The van der Waals surface area contributed by atoms with Crippen LogP contribution in [-0.2, 0) is 0 Å². The first kappa shape index (κ1) is 12.7. The van der Waals surface area contributed by atoms with E-state index in [2.05, 4.69) is 64.5 Å². The molecule has 3 heteroatoms. The lowest BCUT2D eigenvalue weighted by Crippen LogP contribution is -2.04. The molecule has 0 aliphatic carbocycles. The Morgan fingerprint density at radius 1 is 0.941 bits per heavy atom. The third-order valence-electron chi connectivity index (χ3n) is 2.46. The summed E-state index contributed by atoms with van der Waals surface area (Å²) in [7, 11) is 0. The van der Waals surface area contributed by atoms with Crippen molar-refractivity contribution >= 4 is 27.7 Å². The van der Waals surface area contributed by atoms with Crippen molar-refractivity contribution < 1.29 is 0 Å². The summed E-state index contributed by atoms with van der Waals surface area (Å²) in [6.07, 6.45) is 0. The molecule has 0 saturated heterocycles. The lowest BCUT2D eigenvalue weighted by Gasteiger charge is -2.06. The molecule has 2 aromatic rings. The first-order valence-corrected chi connectivity index (χ1v) is 7.05. The molecule has 0 amide bonds. The van der Waals surface area contributed by atoms with Crippen LogP contribution in [0.4, 0.5) is 0 Å². The van der Waals surface area contributed by atoms with Crippen molar-refractivity contribution in [2.75, 3.05) is 0 Å². The van der Waals surface area contributed by atoms with Gasteiger partial charge < -0.3 is 5.73 Å². The summed E-state index contributed by atoms with van der Waals surface area (Å²) in [6, 6.07) is 16.8. The van der Waals surface area contributed by atoms with Crippen LogP contribution in [-0.4, -0.2) is 0 Å². The van der Waals surface area contributed by atoms with Gasteiger partial charge in [-0.1, -0.05) is 39.8 Å². The first-order chi connectivity index (χ1) is 8.15. The fourth-order valence-electron chi connectivity index (χ4n) is 1.48. The maximum atomic E-state index is 5.82. The molecule has 17 heavy (non-hydrogen) atoms. The van der Waals surface area contributed by atoms with E-state index in [9.17, 15) is 0 Å². The summed E-state index contributed by atoms with van der Waals surface area (Å²) >= 11 is 5.19. The number of hydrogen-bond donors (Lipinski definition) is 1. The fourth-order valence-corrected chi connectivity index (χ4v) is 2.56. The molecule has 0 aromatic heterocycles. The minimum atomic E-state index is 0.0988. The predicted molar refractivity (Wildman–Crippen MR) is 77.3 cm³/mol. The second-order valence-electron chi connectivity index (χ2n) is 3.91. The van der Waals surface area contributed by atoms with Crippen LogP contribution >= 0.6 is 27.7 Å². The van der Waals surface area contributed by atoms with Gasteiger partial charge in [-0.15, -0.1) is 0 Å². The predicted octanol–water partition coefficient (Wildman–Crippen LogP) is 4.62. The molecule has 0 aliphatic rings. The second kappa shape index (κ2) is 5.71. The van der Waals surface area contributed by atoms with Gasteiger partial charge in [0.1, 0.15) is 0 Å². The van der Waals surface area contributed by atoms with Crippen LogP contribution in [0.1, 0.15) is 18.5 Å². The molecule has 0 saturated carbocycles. The van der Waals surface area contributed by atoms with Crippen molar-refractivity contribution in [3.63, 3.8) is 0 Å². The Hall–Kier alpha value is -0.770. The molecular weight excluding hydrogens is 294 g/mol. The summed E-state index contributed by atoms with van der Waals surface area (Å²) in [5.41, 5.74) is 6.99. The summed E-state index contributed by atoms with van der Waals surface area (Å²) in [5, 5.41) is 0. The Kier molecular flexibility index (Phi) is 4.26. The standard InChI is InChI=1S/C14H14BrNS/c1-10(16)11-2-6-13(7-3-11)17-14-8-4-12(15)5-9-14/h2-10H,16H2,1H3/t10-/m0/s1. The zero-order valence-corrected chi connectivity index (χ0v) is 12.0. The van der Waals surface area contributed by atoms with Gasteiger partial charge in [0, 0.05) is 20.3 Å². The lowest BCUT2D eigenvalue weighted by atomic mass is 10.1. The minimum Gasteiger partial charge on any atom is -0.324 e. The van der Waals surface area contributed by atoms with Crippen LogP contribution in [0.25, 0.3) is 0 Å². The number of benzene rings is 2. The van der Waals surface area contributed by atoms with Crippen molar-refractivity contribution in [1.29, 1.82) is 0 Å². The van der Waals surface area contributed by atoms with Crippen LogP contribution in [0.3, 0.4) is 0 Å². The molecule has 1 nitrogen and oxygen atoms in total. The van der Waals surface area contributed by atoms with Crippen molar-refractivity contribution in [3.05, 3.63) is 58.6 Å². The number of nitrogens with two attached hydrogens (primary N) is 1. The van der Waals surface area contributed by atoms with Crippen LogP contribution in [0.5, 0.6) is 0 Å². The minimum absolute atomic E-state index is 0.0988. The van der Waals surface area contributed by atoms with E-state index in [0.717, 1.165) is 4.47 Å². The summed E-state index contributed by atoms with van der Waals surface area (Å²) in [5.74, 6) is 0.